The summed E-state index contributed by atoms with van der Waals surface area (Å²) in [6.07, 6.45) is 3.83. The van der Waals surface area contributed by atoms with Crippen molar-refractivity contribution in [1.29, 1.82) is 0 Å². The smallest absolute Gasteiger partial charge is 0.173 e. The van der Waals surface area contributed by atoms with Gasteiger partial charge in [-0.05, 0) is 49.8 Å². The van der Waals surface area contributed by atoms with Crippen molar-refractivity contribution in [3.05, 3.63) is 42.0 Å². The zero-order valence-electron chi connectivity index (χ0n) is 12.8. The molecule has 4 heteroatoms. The van der Waals surface area contributed by atoms with Crippen LogP contribution in [0.4, 0.5) is 0 Å². The summed E-state index contributed by atoms with van der Waals surface area (Å²) in [6, 6.07) is 8.37. The van der Waals surface area contributed by atoms with Crippen LogP contribution in [0.1, 0.15) is 19.4 Å². The average molecular weight is 298 g/mol. The fraction of sp³-hybridized carbons (Fsp3) is 0.222. The van der Waals surface area contributed by atoms with Gasteiger partial charge in [-0.2, -0.15) is 0 Å². The number of aromatic hydroxyl groups is 2. The highest BCUT2D eigenvalue weighted by molar-refractivity contribution is 5.83. The fourth-order valence-electron chi connectivity index (χ4n) is 2.57. The summed E-state index contributed by atoms with van der Waals surface area (Å²) in [5.74, 6) is 1.31. The summed E-state index contributed by atoms with van der Waals surface area (Å²) >= 11 is 0. The van der Waals surface area contributed by atoms with Crippen molar-refractivity contribution in [2.45, 2.75) is 19.4 Å². The van der Waals surface area contributed by atoms with E-state index in [1.54, 1.807) is 37.4 Å². The largest absolute Gasteiger partial charge is 0.508 e. The zero-order chi connectivity index (χ0) is 15.9. The van der Waals surface area contributed by atoms with Gasteiger partial charge in [-0.1, -0.05) is 12.1 Å². The highest BCUT2D eigenvalue weighted by Crippen LogP contribution is 2.48. The van der Waals surface area contributed by atoms with Gasteiger partial charge in [-0.3, -0.25) is 0 Å². The Balaban J connectivity index is 2.22. The van der Waals surface area contributed by atoms with Gasteiger partial charge in [-0.25, -0.2) is 0 Å². The van der Waals surface area contributed by atoms with Crippen LogP contribution in [-0.4, -0.2) is 22.9 Å². The molecule has 0 bridgehead atoms. The molecule has 2 aromatic carbocycles. The summed E-state index contributed by atoms with van der Waals surface area (Å²) in [5, 5.41) is 19.8. The SMILES string of the molecule is COc1c(-c2ccc(O)cc2)cc(O)c2c1C=CC(C)(C)O2. The van der Waals surface area contributed by atoms with Crippen LogP contribution in [0.3, 0.4) is 0 Å². The third-order valence-corrected chi connectivity index (χ3v) is 3.65. The first-order valence-corrected chi connectivity index (χ1v) is 7.03. The van der Waals surface area contributed by atoms with E-state index < -0.39 is 5.60 Å². The van der Waals surface area contributed by atoms with E-state index in [0.29, 0.717) is 17.1 Å². The van der Waals surface area contributed by atoms with Crippen LogP contribution in [0.15, 0.2) is 36.4 Å². The van der Waals surface area contributed by atoms with Crippen molar-refractivity contribution in [3.63, 3.8) is 0 Å². The van der Waals surface area contributed by atoms with E-state index in [9.17, 15) is 10.2 Å². The molecule has 0 radical (unpaired) electrons. The molecular weight excluding hydrogens is 280 g/mol. The molecule has 2 N–H and O–H groups in total. The minimum absolute atomic E-state index is 0.0660. The summed E-state index contributed by atoms with van der Waals surface area (Å²) < 4.78 is 11.4. The summed E-state index contributed by atoms with van der Waals surface area (Å²) in [6.45, 7) is 3.85. The van der Waals surface area contributed by atoms with Crippen LogP contribution >= 0.6 is 0 Å². The predicted octanol–water partition coefficient (Wildman–Crippen LogP) is 3.96. The summed E-state index contributed by atoms with van der Waals surface area (Å²) in [7, 11) is 1.59. The first-order valence-electron chi connectivity index (χ1n) is 7.03. The number of methoxy groups -OCH3 is 1. The minimum atomic E-state index is -0.477. The maximum atomic E-state index is 10.3. The van der Waals surface area contributed by atoms with Gasteiger partial charge in [0, 0.05) is 5.56 Å². The van der Waals surface area contributed by atoms with Gasteiger partial charge in [0.05, 0.1) is 12.7 Å². The van der Waals surface area contributed by atoms with Crippen LogP contribution in [0.2, 0.25) is 0 Å². The zero-order valence-corrected chi connectivity index (χ0v) is 12.8. The number of phenolic OH excluding ortho intramolecular Hbond substituents is 2. The monoisotopic (exact) mass is 298 g/mol. The van der Waals surface area contributed by atoms with Gasteiger partial charge in [0.25, 0.3) is 0 Å². The lowest BCUT2D eigenvalue weighted by atomic mass is 9.96. The topological polar surface area (TPSA) is 58.9 Å². The van der Waals surface area contributed by atoms with E-state index in [-0.39, 0.29) is 11.5 Å². The Bertz CT molecular complexity index is 743. The van der Waals surface area contributed by atoms with Crippen molar-refractivity contribution < 1.29 is 19.7 Å². The second kappa shape index (κ2) is 4.98. The van der Waals surface area contributed by atoms with Gasteiger partial charge in [0.2, 0.25) is 0 Å². The first kappa shape index (κ1) is 14.3. The van der Waals surface area contributed by atoms with Crippen LogP contribution in [0.25, 0.3) is 17.2 Å². The summed E-state index contributed by atoms with van der Waals surface area (Å²) in [4.78, 5) is 0. The Hall–Kier alpha value is -2.62. The molecule has 22 heavy (non-hydrogen) atoms. The maximum Gasteiger partial charge on any atom is 0.173 e. The quantitative estimate of drug-likeness (QED) is 0.881. The van der Waals surface area contributed by atoms with Crippen molar-refractivity contribution in [1.82, 2.24) is 0 Å². The number of fused-ring (bicyclic) bond motifs is 1. The highest BCUT2D eigenvalue weighted by atomic mass is 16.5. The van der Waals surface area contributed by atoms with E-state index >= 15 is 0 Å². The number of benzene rings is 2. The molecular formula is C18H18O4. The lowest BCUT2D eigenvalue weighted by Gasteiger charge is -2.29. The van der Waals surface area contributed by atoms with E-state index in [0.717, 1.165) is 11.1 Å². The minimum Gasteiger partial charge on any atom is -0.508 e. The van der Waals surface area contributed by atoms with Crippen LogP contribution in [0.5, 0.6) is 23.0 Å². The number of rotatable bonds is 2. The van der Waals surface area contributed by atoms with Crippen LogP contribution in [0, 0.1) is 0 Å². The van der Waals surface area contributed by atoms with Gasteiger partial charge in [0.15, 0.2) is 11.5 Å². The van der Waals surface area contributed by atoms with E-state index in [1.807, 2.05) is 26.0 Å². The molecule has 0 unspecified atom stereocenters. The molecule has 2 aromatic rings. The first-order chi connectivity index (χ1) is 10.4. The number of phenols is 2. The van der Waals surface area contributed by atoms with E-state index in [4.69, 9.17) is 9.47 Å². The molecule has 4 nitrogen and oxygen atoms in total. The molecule has 0 spiro atoms. The van der Waals surface area contributed by atoms with Gasteiger partial charge >= 0.3 is 0 Å². The molecule has 114 valence electrons. The molecule has 0 saturated carbocycles. The average Bonchev–Trinajstić information content (AvgIpc) is 2.48. The Morgan fingerprint density at radius 2 is 1.77 bits per heavy atom. The Kier molecular flexibility index (Phi) is 3.24. The summed E-state index contributed by atoms with van der Waals surface area (Å²) in [5.41, 5.74) is 1.82. The lowest BCUT2D eigenvalue weighted by molar-refractivity contribution is 0.152. The molecule has 3 rings (SSSR count). The molecule has 1 aliphatic rings. The molecule has 1 aliphatic heterocycles. The predicted molar refractivity (Wildman–Crippen MR) is 85.5 cm³/mol. The molecule has 0 aliphatic carbocycles. The Morgan fingerprint density at radius 1 is 1.09 bits per heavy atom. The molecule has 0 aromatic heterocycles. The third kappa shape index (κ3) is 2.37. The highest BCUT2D eigenvalue weighted by Gasteiger charge is 2.28. The van der Waals surface area contributed by atoms with Crippen molar-refractivity contribution in [2.24, 2.45) is 0 Å². The van der Waals surface area contributed by atoms with Crippen molar-refractivity contribution >= 4 is 6.08 Å². The Morgan fingerprint density at radius 3 is 2.41 bits per heavy atom. The molecule has 0 amide bonds. The Labute approximate surface area is 129 Å². The van der Waals surface area contributed by atoms with Crippen LogP contribution in [-0.2, 0) is 0 Å². The van der Waals surface area contributed by atoms with Gasteiger partial charge < -0.3 is 19.7 Å². The van der Waals surface area contributed by atoms with Crippen LogP contribution < -0.4 is 9.47 Å². The van der Waals surface area contributed by atoms with Crippen molar-refractivity contribution in [2.75, 3.05) is 7.11 Å². The van der Waals surface area contributed by atoms with Gasteiger partial charge in [-0.15, -0.1) is 0 Å². The molecule has 0 fully saturated rings. The second-order valence-corrected chi connectivity index (χ2v) is 5.81. The number of ether oxygens (including phenoxy) is 2. The standard InChI is InChI=1S/C18H18O4/c1-18(2)9-8-13-16(21-3)14(10-15(20)17(13)22-18)11-4-6-12(19)7-5-11/h4-10,19-20H,1-3H3. The van der Waals surface area contributed by atoms with E-state index in [1.165, 1.54) is 0 Å². The molecule has 0 atom stereocenters. The van der Waals surface area contributed by atoms with Crippen molar-refractivity contribution in [3.8, 4) is 34.1 Å². The van der Waals surface area contributed by atoms with Gasteiger partial charge in [0.1, 0.15) is 17.1 Å². The second-order valence-electron chi connectivity index (χ2n) is 5.81. The maximum absolute atomic E-state index is 10.3. The normalized spacial score (nSPS) is 15.0. The lowest BCUT2D eigenvalue weighted by Crippen LogP contribution is -2.27. The van der Waals surface area contributed by atoms with E-state index in [2.05, 4.69) is 0 Å². The molecule has 1 heterocycles. The number of hydrogen-bond donors (Lipinski definition) is 2. The molecule has 0 saturated heterocycles. The number of hydrogen-bond acceptors (Lipinski definition) is 4. The fourth-order valence-corrected chi connectivity index (χ4v) is 2.57. The third-order valence-electron chi connectivity index (χ3n) is 3.65.